The molecule has 0 unspecified atom stereocenters. The summed E-state index contributed by atoms with van der Waals surface area (Å²) in [6.45, 7) is 4.93. The van der Waals surface area contributed by atoms with Crippen molar-refractivity contribution in [2.24, 2.45) is 0 Å². The molecule has 0 amide bonds. The van der Waals surface area contributed by atoms with Crippen molar-refractivity contribution in [2.45, 2.75) is 32.2 Å². The Balaban J connectivity index is 2.43. The molecule has 0 spiro atoms. The van der Waals surface area contributed by atoms with Crippen LogP contribution in [0.15, 0.2) is 24.3 Å². The lowest BCUT2D eigenvalue weighted by molar-refractivity contribution is -0.384. The normalized spacial score (nSPS) is 17.3. The first-order valence-electron chi connectivity index (χ1n) is 6.78. The van der Waals surface area contributed by atoms with E-state index in [1.54, 1.807) is 12.1 Å². The topological polar surface area (TPSA) is 83.7 Å². The quantitative estimate of drug-likeness (QED) is 0.523. The van der Waals surface area contributed by atoms with Gasteiger partial charge in [0.05, 0.1) is 4.92 Å². The van der Waals surface area contributed by atoms with E-state index in [1.807, 2.05) is 0 Å². The van der Waals surface area contributed by atoms with Crippen molar-refractivity contribution in [1.29, 1.82) is 0 Å². The number of nitro groups is 1. The Labute approximate surface area is 122 Å². The number of aliphatic carboxylic acids is 1. The first kappa shape index (κ1) is 15.0. The van der Waals surface area contributed by atoms with E-state index >= 15 is 0 Å². The molecule has 21 heavy (non-hydrogen) atoms. The molecule has 0 bridgehead atoms. The molecule has 1 fully saturated rings. The standard InChI is InChI=1S/C15H18N2O4/c1-15(2)8-3-9-16(15)12-6-4-11(5-7-14(18)19)10-13(12)17(20)21/h4-7,10H,3,8-9H2,1-2H3,(H,18,19). The molecule has 112 valence electrons. The van der Waals surface area contributed by atoms with Gasteiger partial charge in [0, 0.05) is 24.2 Å². The number of carbonyl (C=O) groups is 1. The van der Waals surface area contributed by atoms with Gasteiger partial charge in [-0.05, 0) is 44.4 Å². The SMILES string of the molecule is CC1(C)CCCN1c1ccc(C=CC(=O)O)cc1[N+](=O)[O-]. The minimum atomic E-state index is -1.08. The third-order valence-electron chi connectivity index (χ3n) is 3.81. The van der Waals surface area contributed by atoms with Crippen LogP contribution in [0.25, 0.3) is 6.08 Å². The molecule has 0 radical (unpaired) electrons. The highest BCUT2D eigenvalue weighted by atomic mass is 16.6. The fraction of sp³-hybridized carbons (Fsp3) is 0.400. The summed E-state index contributed by atoms with van der Waals surface area (Å²) in [7, 11) is 0. The lowest BCUT2D eigenvalue weighted by Crippen LogP contribution is -2.38. The largest absolute Gasteiger partial charge is 0.478 e. The molecule has 1 aromatic rings. The highest BCUT2D eigenvalue weighted by Gasteiger charge is 2.35. The fourth-order valence-electron chi connectivity index (χ4n) is 2.74. The highest BCUT2D eigenvalue weighted by Crippen LogP contribution is 2.39. The van der Waals surface area contributed by atoms with E-state index < -0.39 is 10.9 Å². The van der Waals surface area contributed by atoms with E-state index in [2.05, 4.69) is 18.7 Å². The van der Waals surface area contributed by atoms with Crippen LogP contribution in [-0.4, -0.2) is 28.1 Å². The van der Waals surface area contributed by atoms with Crippen LogP contribution in [-0.2, 0) is 4.79 Å². The number of nitro benzene ring substituents is 1. The summed E-state index contributed by atoms with van der Waals surface area (Å²) in [5.41, 5.74) is 1.00. The van der Waals surface area contributed by atoms with Crippen LogP contribution in [0.5, 0.6) is 0 Å². The summed E-state index contributed by atoms with van der Waals surface area (Å²) in [6.07, 6.45) is 4.32. The lowest BCUT2D eigenvalue weighted by Gasteiger charge is -2.33. The Hall–Kier alpha value is -2.37. The molecule has 1 aliphatic heterocycles. The van der Waals surface area contributed by atoms with Gasteiger partial charge in [-0.15, -0.1) is 0 Å². The maximum atomic E-state index is 11.3. The third-order valence-corrected chi connectivity index (χ3v) is 3.81. The third kappa shape index (κ3) is 3.21. The fourth-order valence-corrected chi connectivity index (χ4v) is 2.74. The second-order valence-electron chi connectivity index (χ2n) is 5.74. The van der Waals surface area contributed by atoms with E-state index in [1.165, 1.54) is 12.1 Å². The smallest absolute Gasteiger partial charge is 0.328 e. The van der Waals surface area contributed by atoms with Crippen LogP contribution in [0.2, 0.25) is 0 Å². The Morgan fingerprint density at radius 1 is 1.48 bits per heavy atom. The van der Waals surface area contributed by atoms with E-state index in [0.29, 0.717) is 11.3 Å². The Bertz CT molecular complexity index is 608. The number of benzene rings is 1. The number of carboxylic acid groups (broad SMARTS) is 1. The van der Waals surface area contributed by atoms with Crippen LogP contribution < -0.4 is 4.90 Å². The lowest BCUT2D eigenvalue weighted by atomic mass is 10.0. The minimum Gasteiger partial charge on any atom is -0.478 e. The van der Waals surface area contributed by atoms with Gasteiger partial charge < -0.3 is 10.0 Å². The van der Waals surface area contributed by atoms with Crippen LogP contribution in [0.3, 0.4) is 0 Å². The zero-order chi connectivity index (χ0) is 15.6. The van der Waals surface area contributed by atoms with Crippen LogP contribution in [0.4, 0.5) is 11.4 Å². The van der Waals surface area contributed by atoms with Crippen molar-refractivity contribution >= 4 is 23.4 Å². The number of hydrogen-bond acceptors (Lipinski definition) is 4. The Morgan fingerprint density at radius 2 is 2.19 bits per heavy atom. The molecule has 1 aliphatic rings. The van der Waals surface area contributed by atoms with Crippen LogP contribution >= 0.6 is 0 Å². The van der Waals surface area contributed by atoms with Gasteiger partial charge in [0.1, 0.15) is 5.69 Å². The van der Waals surface area contributed by atoms with Crippen LogP contribution in [0.1, 0.15) is 32.3 Å². The molecule has 0 saturated carbocycles. The predicted octanol–water partition coefficient (Wildman–Crippen LogP) is 3.07. The van der Waals surface area contributed by atoms with Gasteiger partial charge in [-0.3, -0.25) is 10.1 Å². The molecule has 0 aromatic heterocycles. The zero-order valence-electron chi connectivity index (χ0n) is 12.1. The summed E-state index contributed by atoms with van der Waals surface area (Å²) in [5.74, 6) is -1.08. The summed E-state index contributed by atoms with van der Waals surface area (Å²) < 4.78 is 0. The van der Waals surface area contributed by atoms with E-state index in [0.717, 1.165) is 25.5 Å². The molecule has 1 aromatic carbocycles. The van der Waals surface area contributed by atoms with Gasteiger partial charge in [-0.1, -0.05) is 6.07 Å². The first-order valence-corrected chi connectivity index (χ1v) is 6.78. The second kappa shape index (κ2) is 5.55. The Morgan fingerprint density at radius 3 is 2.71 bits per heavy atom. The van der Waals surface area contributed by atoms with Gasteiger partial charge in [-0.2, -0.15) is 0 Å². The average Bonchev–Trinajstić information content (AvgIpc) is 2.75. The van der Waals surface area contributed by atoms with E-state index in [9.17, 15) is 14.9 Å². The van der Waals surface area contributed by atoms with Crippen molar-refractivity contribution in [2.75, 3.05) is 11.4 Å². The maximum Gasteiger partial charge on any atom is 0.328 e. The second-order valence-corrected chi connectivity index (χ2v) is 5.74. The average molecular weight is 290 g/mol. The van der Waals surface area contributed by atoms with Gasteiger partial charge in [-0.25, -0.2) is 4.79 Å². The van der Waals surface area contributed by atoms with Crippen molar-refractivity contribution in [3.8, 4) is 0 Å². The van der Waals surface area contributed by atoms with Gasteiger partial charge in [0.15, 0.2) is 0 Å². The molecule has 2 rings (SSSR count). The summed E-state index contributed by atoms with van der Waals surface area (Å²) in [6, 6.07) is 4.83. The molecular formula is C15H18N2O4. The monoisotopic (exact) mass is 290 g/mol. The first-order chi connectivity index (χ1) is 9.81. The predicted molar refractivity (Wildman–Crippen MR) is 80.4 cm³/mol. The van der Waals surface area contributed by atoms with Gasteiger partial charge >= 0.3 is 5.97 Å². The van der Waals surface area contributed by atoms with Crippen LogP contribution in [0, 0.1) is 10.1 Å². The molecule has 0 aliphatic carbocycles. The van der Waals surface area contributed by atoms with Crippen molar-refractivity contribution < 1.29 is 14.8 Å². The summed E-state index contributed by atoms with van der Waals surface area (Å²) >= 11 is 0. The highest BCUT2D eigenvalue weighted by molar-refractivity contribution is 5.85. The number of anilines is 1. The number of nitrogens with zero attached hydrogens (tertiary/aromatic N) is 2. The maximum absolute atomic E-state index is 11.3. The molecule has 1 saturated heterocycles. The zero-order valence-corrected chi connectivity index (χ0v) is 12.1. The van der Waals surface area contributed by atoms with Gasteiger partial charge in [0.2, 0.25) is 0 Å². The minimum absolute atomic E-state index is 0.0116. The molecule has 6 nitrogen and oxygen atoms in total. The number of hydrogen-bond donors (Lipinski definition) is 1. The van der Waals surface area contributed by atoms with Crippen molar-refractivity contribution in [3.05, 3.63) is 40.0 Å². The molecule has 6 heteroatoms. The number of carboxylic acids is 1. The van der Waals surface area contributed by atoms with Gasteiger partial charge in [0.25, 0.3) is 5.69 Å². The molecule has 1 N–H and O–H groups in total. The van der Waals surface area contributed by atoms with Crippen molar-refractivity contribution in [1.82, 2.24) is 0 Å². The van der Waals surface area contributed by atoms with E-state index in [-0.39, 0.29) is 11.2 Å². The molecular weight excluding hydrogens is 272 g/mol. The number of rotatable bonds is 4. The molecule has 1 heterocycles. The Kier molecular flexibility index (Phi) is 3.97. The molecule has 0 atom stereocenters. The van der Waals surface area contributed by atoms with E-state index in [4.69, 9.17) is 5.11 Å². The summed E-state index contributed by atoms with van der Waals surface area (Å²) in [4.78, 5) is 23.5. The summed E-state index contributed by atoms with van der Waals surface area (Å²) in [5, 5.41) is 19.9. The van der Waals surface area contributed by atoms with Crippen molar-refractivity contribution in [3.63, 3.8) is 0 Å².